The third kappa shape index (κ3) is 2.57. The van der Waals surface area contributed by atoms with Crippen LogP contribution in [0.1, 0.15) is 18.5 Å². The van der Waals surface area contributed by atoms with Gasteiger partial charge in [0.05, 0.1) is 6.07 Å². The zero-order chi connectivity index (χ0) is 14.9. The summed E-state index contributed by atoms with van der Waals surface area (Å²) in [5, 5.41) is 13.7. The van der Waals surface area contributed by atoms with Crippen LogP contribution in [0.3, 0.4) is 0 Å². The molecule has 1 saturated carbocycles. The molecule has 4 heteroatoms. The molecule has 1 aliphatic rings. The van der Waals surface area contributed by atoms with Crippen molar-refractivity contribution in [2.45, 2.75) is 25.3 Å². The van der Waals surface area contributed by atoms with Gasteiger partial charge in [0.25, 0.3) is 0 Å². The van der Waals surface area contributed by atoms with E-state index in [1.807, 2.05) is 44.3 Å². The number of benzene rings is 1. The summed E-state index contributed by atoms with van der Waals surface area (Å²) < 4.78 is 5.98. The number of aryl methyl sites for hydroxylation is 1. The van der Waals surface area contributed by atoms with Gasteiger partial charge in [-0.2, -0.15) is 5.26 Å². The largest absolute Gasteiger partial charge is 0.488 e. The Labute approximate surface area is 124 Å². The Morgan fingerprint density at radius 3 is 2.86 bits per heavy atom. The van der Waals surface area contributed by atoms with Crippen molar-refractivity contribution in [3.05, 3.63) is 36.0 Å². The van der Waals surface area contributed by atoms with Crippen LogP contribution in [-0.2, 0) is 0 Å². The SMILES string of the molecule is CNC(C#N)(COc1cccc2ccc(C)nc12)C1CC1. The van der Waals surface area contributed by atoms with Gasteiger partial charge in [-0.1, -0.05) is 18.2 Å². The average Bonchev–Trinajstić information content (AvgIpc) is 3.34. The van der Waals surface area contributed by atoms with E-state index in [2.05, 4.69) is 16.4 Å². The summed E-state index contributed by atoms with van der Waals surface area (Å²) in [4.78, 5) is 4.56. The summed E-state index contributed by atoms with van der Waals surface area (Å²) in [6, 6.07) is 12.3. The van der Waals surface area contributed by atoms with Crippen molar-refractivity contribution in [2.24, 2.45) is 5.92 Å². The van der Waals surface area contributed by atoms with Gasteiger partial charge in [0.1, 0.15) is 23.4 Å². The highest BCUT2D eigenvalue weighted by Crippen LogP contribution is 2.39. The third-order valence-corrected chi connectivity index (χ3v) is 4.20. The molecule has 0 amide bonds. The van der Waals surface area contributed by atoms with Gasteiger partial charge < -0.3 is 4.74 Å². The molecule has 1 aromatic carbocycles. The molecule has 2 aromatic rings. The fourth-order valence-electron chi connectivity index (χ4n) is 2.68. The first-order valence-corrected chi connectivity index (χ1v) is 7.28. The number of nitrogens with one attached hydrogen (secondary N) is 1. The Morgan fingerprint density at radius 2 is 2.19 bits per heavy atom. The minimum Gasteiger partial charge on any atom is -0.488 e. The van der Waals surface area contributed by atoms with Gasteiger partial charge in [-0.3, -0.25) is 5.32 Å². The van der Waals surface area contributed by atoms with Crippen molar-refractivity contribution >= 4 is 10.9 Å². The van der Waals surface area contributed by atoms with Gasteiger partial charge in [0.15, 0.2) is 0 Å². The molecule has 1 heterocycles. The fraction of sp³-hybridized carbons (Fsp3) is 0.412. The minimum atomic E-state index is -0.591. The maximum Gasteiger partial charge on any atom is 0.145 e. The van der Waals surface area contributed by atoms with Crippen molar-refractivity contribution in [3.63, 3.8) is 0 Å². The van der Waals surface area contributed by atoms with E-state index in [4.69, 9.17) is 4.74 Å². The van der Waals surface area contributed by atoms with Crippen molar-refractivity contribution in [2.75, 3.05) is 13.7 Å². The Hall–Kier alpha value is -2.12. The van der Waals surface area contributed by atoms with E-state index in [1.54, 1.807) is 0 Å². The van der Waals surface area contributed by atoms with E-state index in [9.17, 15) is 5.26 Å². The highest BCUT2D eigenvalue weighted by molar-refractivity contribution is 5.84. The molecule has 0 spiro atoms. The van der Waals surface area contributed by atoms with E-state index >= 15 is 0 Å². The molecule has 21 heavy (non-hydrogen) atoms. The molecule has 1 aromatic heterocycles. The molecule has 0 bridgehead atoms. The molecule has 0 radical (unpaired) electrons. The second-order valence-corrected chi connectivity index (χ2v) is 5.68. The Kier molecular flexibility index (Phi) is 3.52. The van der Waals surface area contributed by atoms with Crippen LogP contribution in [0.4, 0.5) is 0 Å². The number of hydrogen-bond donors (Lipinski definition) is 1. The Bertz CT molecular complexity index is 703. The molecular formula is C17H19N3O. The zero-order valence-corrected chi connectivity index (χ0v) is 12.4. The fourth-order valence-corrected chi connectivity index (χ4v) is 2.68. The summed E-state index contributed by atoms with van der Waals surface area (Å²) in [6.45, 7) is 2.31. The van der Waals surface area contributed by atoms with E-state index in [0.29, 0.717) is 12.5 Å². The molecule has 4 nitrogen and oxygen atoms in total. The number of ether oxygens (including phenoxy) is 1. The van der Waals surface area contributed by atoms with Crippen LogP contribution >= 0.6 is 0 Å². The van der Waals surface area contributed by atoms with Gasteiger partial charge >= 0.3 is 0 Å². The van der Waals surface area contributed by atoms with Crippen molar-refractivity contribution in [1.82, 2.24) is 10.3 Å². The van der Waals surface area contributed by atoms with Crippen molar-refractivity contribution < 1.29 is 4.74 Å². The normalized spacial score (nSPS) is 17.2. The number of fused-ring (bicyclic) bond motifs is 1. The number of nitriles is 1. The lowest BCUT2D eigenvalue weighted by molar-refractivity contribution is 0.212. The molecule has 3 rings (SSSR count). The Balaban J connectivity index is 1.88. The zero-order valence-electron chi connectivity index (χ0n) is 12.4. The highest BCUT2D eigenvalue weighted by Gasteiger charge is 2.45. The van der Waals surface area contributed by atoms with Crippen LogP contribution in [0.2, 0.25) is 0 Å². The molecule has 108 valence electrons. The van der Waals surface area contributed by atoms with Gasteiger partial charge in [-0.05, 0) is 44.9 Å². The summed E-state index contributed by atoms with van der Waals surface area (Å²) >= 11 is 0. The maximum atomic E-state index is 9.51. The van der Waals surface area contributed by atoms with Crippen LogP contribution in [-0.4, -0.2) is 24.2 Å². The first-order chi connectivity index (χ1) is 10.2. The predicted octanol–water partition coefficient (Wildman–Crippen LogP) is 2.81. The molecule has 0 saturated heterocycles. The number of aromatic nitrogens is 1. The van der Waals surface area contributed by atoms with Crippen molar-refractivity contribution in [3.8, 4) is 11.8 Å². The monoisotopic (exact) mass is 281 g/mol. The summed E-state index contributed by atoms with van der Waals surface area (Å²) in [5.74, 6) is 1.13. The topological polar surface area (TPSA) is 57.9 Å². The number of hydrogen-bond acceptors (Lipinski definition) is 4. The van der Waals surface area contributed by atoms with E-state index < -0.39 is 5.54 Å². The minimum absolute atomic E-state index is 0.347. The van der Waals surface area contributed by atoms with Gasteiger partial charge in [0.2, 0.25) is 0 Å². The quantitative estimate of drug-likeness (QED) is 0.915. The first kappa shape index (κ1) is 13.8. The molecule has 1 atom stereocenters. The lowest BCUT2D eigenvalue weighted by atomic mass is 9.96. The van der Waals surface area contributed by atoms with E-state index in [0.717, 1.165) is 35.2 Å². The summed E-state index contributed by atoms with van der Waals surface area (Å²) in [7, 11) is 1.83. The molecule has 1 unspecified atom stereocenters. The second-order valence-electron chi connectivity index (χ2n) is 5.68. The third-order valence-electron chi connectivity index (χ3n) is 4.20. The van der Waals surface area contributed by atoms with Crippen molar-refractivity contribution in [1.29, 1.82) is 5.26 Å². The molecule has 1 aliphatic carbocycles. The number of rotatable bonds is 5. The maximum absolute atomic E-state index is 9.51. The number of likely N-dealkylation sites (N-methyl/N-ethyl adjacent to an activating group) is 1. The lowest BCUT2D eigenvalue weighted by Gasteiger charge is -2.26. The highest BCUT2D eigenvalue weighted by atomic mass is 16.5. The summed E-state index contributed by atoms with van der Waals surface area (Å²) in [5.41, 5.74) is 1.23. The second kappa shape index (κ2) is 5.34. The van der Waals surface area contributed by atoms with E-state index in [-0.39, 0.29) is 0 Å². The predicted molar refractivity (Wildman–Crippen MR) is 82.1 cm³/mol. The standard InChI is InChI=1S/C17H19N3O/c1-12-6-7-13-4-3-5-15(16(13)20-12)21-11-17(10-18,19-2)14-8-9-14/h3-7,14,19H,8-9,11H2,1-2H3. The molecule has 0 aliphatic heterocycles. The van der Waals surface area contributed by atoms with Gasteiger partial charge in [-0.25, -0.2) is 4.98 Å². The van der Waals surface area contributed by atoms with Crippen LogP contribution in [0.25, 0.3) is 10.9 Å². The number of pyridine rings is 1. The van der Waals surface area contributed by atoms with Crippen LogP contribution < -0.4 is 10.1 Å². The van der Waals surface area contributed by atoms with Gasteiger partial charge in [-0.15, -0.1) is 0 Å². The molecule has 1 fully saturated rings. The Morgan fingerprint density at radius 1 is 1.38 bits per heavy atom. The van der Waals surface area contributed by atoms with Crippen LogP contribution in [0.15, 0.2) is 30.3 Å². The van der Waals surface area contributed by atoms with Gasteiger partial charge in [0, 0.05) is 11.1 Å². The summed E-state index contributed by atoms with van der Waals surface area (Å²) in [6.07, 6.45) is 2.18. The number of nitrogens with zero attached hydrogens (tertiary/aromatic N) is 2. The van der Waals surface area contributed by atoms with E-state index in [1.165, 1.54) is 0 Å². The number of para-hydroxylation sites is 1. The lowest BCUT2D eigenvalue weighted by Crippen LogP contribution is -2.49. The first-order valence-electron chi connectivity index (χ1n) is 7.28. The van der Waals surface area contributed by atoms with Crippen LogP contribution in [0.5, 0.6) is 5.75 Å². The average molecular weight is 281 g/mol. The van der Waals surface area contributed by atoms with Crippen LogP contribution in [0, 0.1) is 24.2 Å². The smallest absolute Gasteiger partial charge is 0.145 e. The molecule has 1 N–H and O–H groups in total. The molecular weight excluding hydrogens is 262 g/mol.